The van der Waals surface area contributed by atoms with E-state index in [9.17, 15) is 4.79 Å². The van der Waals surface area contributed by atoms with Crippen LogP contribution >= 0.6 is 0 Å². The third-order valence-corrected chi connectivity index (χ3v) is 2.14. The molecule has 0 radical (unpaired) electrons. The second kappa shape index (κ2) is 6.16. The molecule has 0 aliphatic rings. The van der Waals surface area contributed by atoms with Crippen LogP contribution in [-0.4, -0.2) is 19.2 Å². The van der Waals surface area contributed by atoms with Gasteiger partial charge in [0.2, 0.25) is 0 Å². The van der Waals surface area contributed by atoms with Crippen LogP contribution in [0.5, 0.6) is 5.75 Å². The lowest BCUT2D eigenvalue weighted by Gasteiger charge is -2.07. The Morgan fingerprint density at radius 2 is 1.88 bits per heavy atom. The van der Waals surface area contributed by atoms with Gasteiger partial charge in [-0.2, -0.15) is 0 Å². The Labute approximate surface area is 96.4 Å². The zero-order valence-electron chi connectivity index (χ0n) is 10.0. The van der Waals surface area contributed by atoms with E-state index in [0.29, 0.717) is 12.8 Å². The molecule has 0 atom stereocenters. The molecule has 0 saturated carbocycles. The van der Waals surface area contributed by atoms with E-state index in [2.05, 4.69) is 0 Å². The van der Waals surface area contributed by atoms with Gasteiger partial charge in [-0.3, -0.25) is 4.79 Å². The Bertz CT molecular complexity index is 328. The van der Waals surface area contributed by atoms with Crippen molar-refractivity contribution in [3.63, 3.8) is 0 Å². The largest absolute Gasteiger partial charge is 0.497 e. The molecule has 0 aromatic heterocycles. The summed E-state index contributed by atoms with van der Waals surface area (Å²) >= 11 is 0. The predicted octanol–water partition coefficient (Wildman–Crippen LogP) is 2.58. The fraction of sp³-hybridized carbons (Fsp3) is 0.462. The first-order valence-electron chi connectivity index (χ1n) is 5.44. The molecule has 0 spiro atoms. The Kier molecular flexibility index (Phi) is 4.83. The first-order valence-corrected chi connectivity index (χ1v) is 5.44. The SMILES string of the molecule is COc1ccc(CCC(=O)OC(C)C)cc1. The summed E-state index contributed by atoms with van der Waals surface area (Å²) in [6, 6.07) is 7.70. The number of methoxy groups -OCH3 is 1. The summed E-state index contributed by atoms with van der Waals surface area (Å²) < 4.78 is 10.1. The van der Waals surface area contributed by atoms with E-state index >= 15 is 0 Å². The molecule has 0 aliphatic carbocycles. The van der Waals surface area contributed by atoms with E-state index in [-0.39, 0.29) is 12.1 Å². The zero-order chi connectivity index (χ0) is 12.0. The van der Waals surface area contributed by atoms with Crippen molar-refractivity contribution in [1.82, 2.24) is 0 Å². The van der Waals surface area contributed by atoms with Gasteiger partial charge in [0.25, 0.3) is 0 Å². The van der Waals surface area contributed by atoms with Crippen LogP contribution in [0.2, 0.25) is 0 Å². The van der Waals surface area contributed by atoms with Crippen LogP contribution in [0.4, 0.5) is 0 Å². The molecule has 0 fully saturated rings. The number of rotatable bonds is 5. The van der Waals surface area contributed by atoms with Gasteiger partial charge in [0.05, 0.1) is 13.2 Å². The smallest absolute Gasteiger partial charge is 0.306 e. The standard InChI is InChI=1S/C13H18O3/c1-10(2)16-13(14)9-6-11-4-7-12(15-3)8-5-11/h4-5,7-8,10H,6,9H2,1-3H3. The minimum Gasteiger partial charge on any atom is -0.497 e. The molecule has 0 unspecified atom stereocenters. The summed E-state index contributed by atoms with van der Waals surface area (Å²) in [5.74, 6) is 0.680. The van der Waals surface area contributed by atoms with Gasteiger partial charge in [-0.1, -0.05) is 12.1 Å². The molecule has 0 bridgehead atoms. The first-order chi connectivity index (χ1) is 7.61. The van der Waals surface area contributed by atoms with E-state index in [4.69, 9.17) is 9.47 Å². The molecular weight excluding hydrogens is 204 g/mol. The highest BCUT2D eigenvalue weighted by molar-refractivity contribution is 5.69. The van der Waals surface area contributed by atoms with Crippen LogP contribution in [0.3, 0.4) is 0 Å². The molecule has 0 aliphatic heterocycles. The van der Waals surface area contributed by atoms with Crippen molar-refractivity contribution in [1.29, 1.82) is 0 Å². The Morgan fingerprint density at radius 1 is 1.25 bits per heavy atom. The van der Waals surface area contributed by atoms with Gasteiger partial charge >= 0.3 is 5.97 Å². The van der Waals surface area contributed by atoms with Crippen LogP contribution in [0.15, 0.2) is 24.3 Å². The van der Waals surface area contributed by atoms with E-state index < -0.39 is 0 Å². The molecule has 3 heteroatoms. The van der Waals surface area contributed by atoms with Crippen LogP contribution in [0, 0.1) is 0 Å². The van der Waals surface area contributed by atoms with Crippen LogP contribution < -0.4 is 4.74 Å². The third-order valence-electron chi connectivity index (χ3n) is 2.14. The highest BCUT2D eigenvalue weighted by Crippen LogP contribution is 2.12. The quantitative estimate of drug-likeness (QED) is 0.718. The molecule has 88 valence electrons. The Morgan fingerprint density at radius 3 is 2.38 bits per heavy atom. The number of aryl methyl sites for hydroxylation is 1. The summed E-state index contributed by atoms with van der Waals surface area (Å²) in [7, 11) is 1.63. The summed E-state index contributed by atoms with van der Waals surface area (Å²) in [6.45, 7) is 3.70. The lowest BCUT2D eigenvalue weighted by Crippen LogP contribution is -2.11. The van der Waals surface area contributed by atoms with Crippen molar-refractivity contribution in [2.24, 2.45) is 0 Å². The topological polar surface area (TPSA) is 35.5 Å². The second-order valence-corrected chi connectivity index (χ2v) is 3.89. The molecule has 0 heterocycles. The third kappa shape index (κ3) is 4.34. The van der Waals surface area contributed by atoms with Crippen molar-refractivity contribution in [2.45, 2.75) is 32.8 Å². The van der Waals surface area contributed by atoms with E-state index in [1.54, 1.807) is 7.11 Å². The fourth-order valence-electron chi connectivity index (χ4n) is 1.36. The summed E-state index contributed by atoms with van der Waals surface area (Å²) in [5, 5.41) is 0. The normalized spacial score (nSPS) is 10.2. The number of benzene rings is 1. The Balaban J connectivity index is 2.39. The van der Waals surface area contributed by atoms with Gasteiger partial charge in [0.15, 0.2) is 0 Å². The fourth-order valence-corrected chi connectivity index (χ4v) is 1.36. The van der Waals surface area contributed by atoms with Crippen LogP contribution in [0.1, 0.15) is 25.8 Å². The maximum Gasteiger partial charge on any atom is 0.306 e. The molecule has 0 N–H and O–H groups in total. The predicted molar refractivity (Wildman–Crippen MR) is 62.5 cm³/mol. The molecule has 1 aromatic carbocycles. The number of carbonyl (C=O) groups is 1. The average Bonchev–Trinajstić information content (AvgIpc) is 2.26. The van der Waals surface area contributed by atoms with Gasteiger partial charge in [-0.25, -0.2) is 0 Å². The monoisotopic (exact) mass is 222 g/mol. The van der Waals surface area contributed by atoms with Gasteiger partial charge in [0, 0.05) is 6.42 Å². The van der Waals surface area contributed by atoms with Gasteiger partial charge in [-0.05, 0) is 38.0 Å². The van der Waals surface area contributed by atoms with Gasteiger partial charge in [-0.15, -0.1) is 0 Å². The molecule has 1 rings (SSSR count). The number of ether oxygens (including phenoxy) is 2. The van der Waals surface area contributed by atoms with E-state index in [0.717, 1.165) is 11.3 Å². The van der Waals surface area contributed by atoms with Crippen molar-refractivity contribution < 1.29 is 14.3 Å². The van der Waals surface area contributed by atoms with Crippen LogP contribution in [0.25, 0.3) is 0 Å². The maximum absolute atomic E-state index is 11.3. The van der Waals surface area contributed by atoms with Crippen molar-refractivity contribution in [3.8, 4) is 5.75 Å². The summed E-state index contributed by atoms with van der Waals surface area (Å²) in [4.78, 5) is 11.3. The van der Waals surface area contributed by atoms with Gasteiger partial charge in [0.1, 0.15) is 5.75 Å². The van der Waals surface area contributed by atoms with Gasteiger partial charge < -0.3 is 9.47 Å². The van der Waals surface area contributed by atoms with Crippen molar-refractivity contribution in [2.75, 3.05) is 7.11 Å². The number of hydrogen-bond donors (Lipinski definition) is 0. The van der Waals surface area contributed by atoms with Crippen LogP contribution in [-0.2, 0) is 16.0 Å². The first kappa shape index (κ1) is 12.6. The minimum atomic E-state index is -0.147. The maximum atomic E-state index is 11.3. The number of hydrogen-bond acceptors (Lipinski definition) is 3. The lowest BCUT2D eigenvalue weighted by molar-refractivity contribution is -0.147. The molecule has 16 heavy (non-hydrogen) atoms. The highest BCUT2D eigenvalue weighted by atomic mass is 16.5. The van der Waals surface area contributed by atoms with Crippen molar-refractivity contribution in [3.05, 3.63) is 29.8 Å². The number of esters is 1. The van der Waals surface area contributed by atoms with E-state index in [1.165, 1.54) is 0 Å². The Hall–Kier alpha value is -1.51. The zero-order valence-corrected chi connectivity index (χ0v) is 10.0. The summed E-state index contributed by atoms with van der Waals surface area (Å²) in [6.07, 6.45) is 1.09. The molecule has 3 nitrogen and oxygen atoms in total. The molecule has 0 saturated heterocycles. The number of carbonyl (C=O) groups excluding carboxylic acids is 1. The molecular formula is C13H18O3. The minimum absolute atomic E-state index is 0.0385. The lowest BCUT2D eigenvalue weighted by atomic mass is 10.1. The van der Waals surface area contributed by atoms with E-state index in [1.807, 2.05) is 38.1 Å². The average molecular weight is 222 g/mol. The molecule has 1 aromatic rings. The van der Waals surface area contributed by atoms with Crippen molar-refractivity contribution >= 4 is 5.97 Å². The second-order valence-electron chi connectivity index (χ2n) is 3.89. The summed E-state index contributed by atoms with van der Waals surface area (Å²) in [5.41, 5.74) is 1.11. The molecule has 0 amide bonds. The highest BCUT2D eigenvalue weighted by Gasteiger charge is 2.05.